The lowest BCUT2D eigenvalue weighted by molar-refractivity contribution is 0.425. The number of hydrogen-bond acceptors (Lipinski definition) is 4. The number of hydrogen-bond donors (Lipinski definition) is 0. The molecule has 0 saturated carbocycles. The highest BCUT2D eigenvalue weighted by Crippen LogP contribution is 2.30. The van der Waals surface area contributed by atoms with Gasteiger partial charge in [-0.2, -0.15) is 4.98 Å². The molecule has 2 aromatic heterocycles. The molecule has 5 aromatic rings. The van der Waals surface area contributed by atoms with Crippen molar-refractivity contribution in [1.82, 2.24) is 9.55 Å². The van der Waals surface area contributed by atoms with Crippen molar-refractivity contribution >= 4 is 22.1 Å². The summed E-state index contributed by atoms with van der Waals surface area (Å²) < 4.78 is 26.6. The number of furan rings is 1. The molecule has 30 heavy (non-hydrogen) atoms. The quantitative estimate of drug-likeness (QED) is 0.391. The minimum atomic E-state index is -0.429. The standard InChI is InChI=1S/C24H17FN2O3/c1-14-7-12-18(13-15(14)2)29-24-26-21-19-5-3-4-6-20(19)30-22(21)23(28)27(24)17-10-8-16(25)9-11-17/h3-13H,1-2H3. The first-order valence-electron chi connectivity index (χ1n) is 9.46. The van der Waals surface area contributed by atoms with Crippen molar-refractivity contribution in [2.75, 3.05) is 0 Å². The van der Waals surface area contributed by atoms with Crippen LogP contribution in [0.3, 0.4) is 0 Å². The number of fused-ring (bicyclic) bond motifs is 3. The second-order valence-electron chi connectivity index (χ2n) is 7.14. The number of rotatable bonds is 3. The Morgan fingerprint density at radius 2 is 1.73 bits per heavy atom. The van der Waals surface area contributed by atoms with Gasteiger partial charge in [0.25, 0.3) is 0 Å². The predicted molar refractivity (Wildman–Crippen MR) is 113 cm³/mol. The molecule has 0 atom stereocenters. The van der Waals surface area contributed by atoms with Crippen LogP contribution in [0, 0.1) is 19.7 Å². The van der Waals surface area contributed by atoms with Crippen LogP contribution in [-0.2, 0) is 0 Å². The van der Waals surface area contributed by atoms with Crippen LogP contribution >= 0.6 is 0 Å². The van der Waals surface area contributed by atoms with Gasteiger partial charge < -0.3 is 9.15 Å². The van der Waals surface area contributed by atoms with Crippen molar-refractivity contribution in [1.29, 1.82) is 0 Å². The molecule has 0 N–H and O–H groups in total. The summed E-state index contributed by atoms with van der Waals surface area (Å²) >= 11 is 0. The zero-order valence-corrected chi connectivity index (χ0v) is 16.3. The average molecular weight is 400 g/mol. The maximum absolute atomic E-state index is 13.5. The van der Waals surface area contributed by atoms with Gasteiger partial charge in [-0.15, -0.1) is 0 Å². The first-order chi connectivity index (χ1) is 14.5. The molecule has 3 aromatic carbocycles. The van der Waals surface area contributed by atoms with Crippen molar-refractivity contribution in [3.8, 4) is 17.4 Å². The number of halogens is 1. The smallest absolute Gasteiger partial charge is 0.310 e. The molecule has 0 radical (unpaired) electrons. The van der Waals surface area contributed by atoms with Crippen LogP contribution < -0.4 is 10.3 Å². The number of para-hydroxylation sites is 1. The van der Waals surface area contributed by atoms with Crippen molar-refractivity contribution in [3.05, 3.63) is 94.0 Å². The molecule has 5 rings (SSSR count). The lowest BCUT2D eigenvalue weighted by Gasteiger charge is -2.13. The monoisotopic (exact) mass is 400 g/mol. The van der Waals surface area contributed by atoms with Crippen molar-refractivity contribution in [3.63, 3.8) is 0 Å². The van der Waals surface area contributed by atoms with Gasteiger partial charge in [0.2, 0.25) is 5.58 Å². The van der Waals surface area contributed by atoms with E-state index in [1.54, 1.807) is 6.07 Å². The third kappa shape index (κ3) is 2.93. The van der Waals surface area contributed by atoms with Crippen LogP contribution in [0.2, 0.25) is 0 Å². The molecule has 0 bridgehead atoms. The van der Waals surface area contributed by atoms with Crippen LogP contribution in [-0.4, -0.2) is 9.55 Å². The molecular formula is C24H17FN2O3. The Bertz CT molecular complexity index is 1470. The molecule has 0 saturated heterocycles. The second kappa shape index (κ2) is 6.84. The Morgan fingerprint density at radius 3 is 2.50 bits per heavy atom. The first kappa shape index (κ1) is 18.1. The van der Waals surface area contributed by atoms with Crippen molar-refractivity contribution in [2.24, 2.45) is 0 Å². The largest absolute Gasteiger partial charge is 0.448 e. The van der Waals surface area contributed by atoms with E-state index in [1.807, 2.05) is 50.2 Å². The third-order valence-corrected chi connectivity index (χ3v) is 5.14. The molecule has 0 aliphatic rings. The molecule has 5 nitrogen and oxygen atoms in total. The van der Waals surface area contributed by atoms with Gasteiger partial charge >= 0.3 is 11.6 Å². The highest BCUT2D eigenvalue weighted by molar-refractivity contribution is 6.02. The van der Waals surface area contributed by atoms with Crippen molar-refractivity contribution in [2.45, 2.75) is 13.8 Å². The van der Waals surface area contributed by atoms with Crippen LogP contribution in [0.5, 0.6) is 11.8 Å². The fourth-order valence-corrected chi connectivity index (χ4v) is 3.39. The van der Waals surface area contributed by atoms with E-state index < -0.39 is 11.4 Å². The fraction of sp³-hybridized carbons (Fsp3) is 0.0833. The minimum Gasteiger partial charge on any atom is -0.448 e. The Kier molecular flexibility index (Phi) is 4.13. The number of nitrogens with zero attached hydrogens (tertiary/aromatic N) is 2. The number of ether oxygens (including phenoxy) is 1. The summed E-state index contributed by atoms with van der Waals surface area (Å²) in [6.07, 6.45) is 0. The van der Waals surface area contributed by atoms with E-state index in [4.69, 9.17) is 9.15 Å². The molecule has 6 heteroatoms. The zero-order chi connectivity index (χ0) is 20.8. The second-order valence-corrected chi connectivity index (χ2v) is 7.14. The molecule has 0 aliphatic carbocycles. The lowest BCUT2D eigenvalue weighted by atomic mass is 10.1. The SMILES string of the molecule is Cc1ccc(Oc2nc3c(oc4ccccc43)c(=O)n2-c2ccc(F)cc2)cc1C. The minimum absolute atomic E-state index is 0.0777. The van der Waals surface area contributed by atoms with Gasteiger partial charge in [0, 0.05) is 5.39 Å². The van der Waals surface area contributed by atoms with Crippen LogP contribution in [0.15, 0.2) is 75.9 Å². The van der Waals surface area contributed by atoms with Gasteiger partial charge in [0.15, 0.2) is 0 Å². The summed E-state index contributed by atoms with van der Waals surface area (Å²) in [5.41, 5.74) is 3.28. The summed E-state index contributed by atoms with van der Waals surface area (Å²) in [6, 6.07) is 18.6. The molecule has 0 unspecified atom stereocenters. The fourth-order valence-electron chi connectivity index (χ4n) is 3.39. The van der Waals surface area contributed by atoms with Gasteiger partial charge in [-0.25, -0.2) is 8.96 Å². The van der Waals surface area contributed by atoms with E-state index in [0.29, 0.717) is 22.5 Å². The van der Waals surface area contributed by atoms with E-state index in [0.717, 1.165) is 16.5 Å². The van der Waals surface area contributed by atoms with Gasteiger partial charge in [-0.3, -0.25) is 4.79 Å². The molecule has 0 spiro atoms. The van der Waals surface area contributed by atoms with Gasteiger partial charge in [-0.1, -0.05) is 18.2 Å². The number of aryl methyl sites for hydroxylation is 2. The topological polar surface area (TPSA) is 57.3 Å². The molecule has 0 aliphatic heterocycles. The third-order valence-electron chi connectivity index (χ3n) is 5.14. The summed E-state index contributed by atoms with van der Waals surface area (Å²) in [4.78, 5) is 18.0. The van der Waals surface area contributed by atoms with Gasteiger partial charge in [0.1, 0.15) is 22.7 Å². The average Bonchev–Trinajstić information content (AvgIpc) is 3.11. The maximum atomic E-state index is 13.5. The van der Waals surface area contributed by atoms with E-state index in [2.05, 4.69) is 4.98 Å². The summed E-state index contributed by atoms with van der Waals surface area (Å²) in [5.74, 6) is 0.147. The van der Waals surface area contributed by atoms with E-state index >= 15 is 0 Å². The zero-order valence-electron chi connectivity index (χ0n) is 16.3. The van der Waals surface area contributed by atoms with E-state index in [9.17, 15) is 9.18 Å². The van der Waals surface area contributed by atoms with Gasteiger partial charge in [-0.05, 0) is 73.5 Å². The molecular weight excluding hydrogens is 383 g/mol. The summed E-state index contributed by atoms with van der Waals surface area (Å²) in [6.45, 7) is 3.99. The lowest BCUT2D eigenvalue weighted by Crippen LogP contribution is -2.20. The molecule has 0 amide bonds. The van der Waals surface area contributed by atoms with E-state index in [-0.39, 0.29) is 11.6 Å². The molecule has 0 fully saturated rings. The summed E-state index contributed by atoms with van der Waals surface area (Å²) in [5, 5.41) is 0.723. The molecule has 2 heterocycles. The Labute approximate surface area is 171 Å². The predicted octanol–water partition coefficient (Wildman–Crippen LogP) is 5.68. The summed E-state index contributed by atoms with van der Waals surface area (Å²) in [7, 11) is 0. The van der Waals surface area contributed by atoms with Gasteiger partial charge in [0.05, 0.1) is 5.69 Å². The van der Waals surface area contributed by atoms with Crippen LogP contribution in [0.1, 0.15) is 11.1 Å². The Hall–Kier alpha value is -3.93. The Morgan fingerprint density at radius 1 is 0.967 bits per heavy atom. The number of aromatic nitrogens is 2. The normalized spacial score (nSPS) is 11.3. The Balaban J connectivity index is 1.80. The maximum Gasteiger partial charge on any atom is 0.310 e. The first-order valence-corrected chi connectivity index (χ1v) is 9.46. The van der Waals surface area contributed by atoms with Crippen LogP contribution in [0.4, 0.5) is 4.39 Å². The highest BCUT2D eigenvalue weighted by atomic mass is 19.1. The van der Waals surface area contributed by atoms with Crippen LogP contribution in [0.25, 0.3) is 27.8 Å². The van der Waals surface area contributed by atoms with E-state index in [1.165, 1.54) is 28.8 Å². The van der Waals surface area contributed by atoms with Crippen molar-refractivity contribution < 1.29 is 13.5 Å². The molecule has 148 valence electrons. The number of benzene rings is 3. The highest BCUT2D eigenvalue weighted by Gasteiger charge is 2.20.